The number of nitro benzene ring substituents is 1. The van der Waals surface area contributed by atoms with Crippen LogP contribution in [0, 0.1) is 10.1 Å². The molecule has 0 spiro atoms. The van der Waals surface area contributed by atoms with E-state index >= 15 is 0 Å². The number of thioether (sulfide) groups is 1. The molecule has 0 fully saturated rings. The Morgan fingerprint density at radius 2 is 1.78 bits per heavy atom. The molecular formula is C13H6ClF6N3O3S. The summed E-state index contributed by atoms with van der Waals surface area (Å²) >= 11 is 6.07. The first-order valence-electron chi connectivity index (χ1n) is 6.57. The number of rotatable bonds is 3. The van der Waals surface area contributed by atoms with E-state index in [0.29, 0.717) is 28.7 Å². The van der Waals surface area contributed by atoms with Crippen LogP contribution < -0.4 is 5.56 Å². The van der Waals surface area contributed by atoms with E-state index in [2.05, 4.69) is 4.98 Å². The summed E-state index contributed by atoms with van der Waals surface area (Å²) in [7, 11) is 0. The molecule has 27 heavy (non-hydrogen) atoms. The number of alkyl halides is 6. The Morgan fingerprint density at radius 3 is 2.22 bits per heavy atom. The zero-order valence-corrected chi connectivity index (χ0v) is 14.4. The van der Waals surface area contributed by atoms with Gasteiger partial charge in [-0.15, -0.1) is 11.8 Å². The number of nitrogens with zero attached hydrogens (tertiary/aromatic N) is 3. The lowest BCUT2D eigenvalue weighted by molar-refractivity contribution is -0.384. The second-order valence-corrected chi connectivity index (χ2v) is 6.10. The fourth-order valence-corrected chi connectivity index (χ4v) is 3.05. The average molecular weight is 434 g/mol. The van der Waals surface area contributed by atoms with Crippen molar-refractivity contribution >= 4 is 29.1 Å². The van der Waals surface area contributed by atoms with Crippen LogP contribution in [-0.2, 0) is 12.4 Å². The third kappa shape index (κ3) is 4.03. The van der Waals surface area contributed by atoms with Crippen molar-refractivity contribution in [2.75, 3.05) is 6.26 Å². The molecule has 0 saturated heterocycles. The van der Waals surface area contributed by atoms with Gasteiger partial charge >= 0.3 is 12.4 Å². The van der Waals surface area contributed by atoms with Gasteiger partial charge in [0.2, 0.25) is 0 Å². The Labute approximate surface area is 154 Å². The van der Waals surface area contributed by atoms with E-state index in [1.165, 1.54) is 0 Å². The summed E-state index contributed by atoms with van der Waals surface area (Å²) in [5.74, 6) is 0. The quantitative estimate of drug-likeness (QED) is 0.307. The third-order valence-corrected chi connectivity index (χ3v) is 4.28. The molecule has 0 aliphatic rings. The van der Waals surface area contributed by atoms with Gasteiger partial charge in [0.05, 0.1) is 15.5 Å². The lowest BCUT2D eigenvalue weighted by Crippen LogP contribution is -2.26. The molecule has 0 radical (unpaired) electrons. The van der Waals surface area contributed by atoms with Gasteiger partial charge < -0.3 is 0 Å². The van der Waals surface area contributed by atoms with Crippen molar-refractivity contribution in [1.82, 2.24) is 9.55 Å². The molecule has 6 nitrogen and oxygen atoms in total. The average Bonchev–Trinajstić information content (AvgIpc) is 2.52. The maximum Gasteiger partial charge on any atom is 0.434 e. The summed E-state index contributed by atoms with van der Waals surface area (Å²) < 4.78 is 77.6. The van der Waals surface area contributed by atoms with E-state index in [9.17, 15) is 41.3 Å². The van der Waals surface area contributed by atoms with Crippen LogP contribution in [0.25, 0.3) is 5.69 Å². The van der Waals surface area contributed by atoms with Gasteiger partial charge in [-0.05, 0) is 12.3 Å². The first kappa shape index (κ1) is 21.0. The van der Waals surface area contributed by atoms with Gasteiger partial charge in [0, 0.05) is 6.07 Å². The van der Waals surface area contributed by atoms with Crippen LogP contribution >= 0.6 is 23.4 Å². The largest absolute Gasteiger partial charge is 0.434 e. The number of hydrogen-bond acceptors (Lipinski definition) is 5. The minimum absolute atomic E-state index is 0.129. The maximum atomic E-state index is 12.9. The molecular weight excluding hydrogens is 428 g/mol. The van der Waals surface area contributed by atoms with E-state index in [-0.39, 0.29) is 6.07 Å². The molecule has 2 rings (SSSR count). The second kappa shape index (κ2) is 7.03. The predicted molar refractivity (Wildman–Crippen MR) is 83.3 cm³/mol. The lowest BCUT2D eigenvalue weighted by Gasteiger charge is -2.15. The number of halogens is 7. The van der Waals surface area contributed by atoms with E-state index < -0.39 is 55.4 Å². The molecule has 0 saturated carbocycles. The molecule has 146 valence electrons. The van der Waals surface area contributed by atoms with E-state index in [0.717, 1.165) is 6.26 Å². The van der Waals surface area contributed by atoms with Crippen molar-refractivity contribution in [3.05, 3.63) is 55.2 Å². The molecule has 0 N–H and O–H groups in total. The lowest BCUT2D eigenvalue weighted by atomic mass is 10.1. The van der Waals surface area contributed by atoms with Crippen molar-refractivity contribution in [2.45, 2.75) is 17.2 Å². The highest BCUT2D eigenvalue weighted by Gasteiger charge is 2.38. The van der Waals surface area contributed by atoms with Crippen LogP contribution in [0.15, 0.2) is 28.2 Å². The number of aromatic nitrogens is 2. The molecule has 1 aromatic heterocycles. The standard InChI is InChI=1S/C13H6ClF6N3O3S/c1-27-9-10(13(18,19)20)21-4-22(11(9)24)8-6(14)2-5(12(15,16)17)3-7(8)23(25)26/h2-4H,1H3. The summed E-state index contributed by atoms with van der Waals surface area (Å²) in [6.07, 6.45) is -8.49. The zero-order chi connectivity index (χ0) is 20.7. The molecule has 14 heteroatoms. The van der Waals surface area contributed by atoms with Crippen LogP contribution in [0.2, 0.25) is 5.02 Å². The molecule has 1 aromatic carbocycles. The van der Waals surface area contributed by atoms with Crippen LogP contribution in [0.1, 0.15) is 11.3 Å². The fraction of sp³-hybridized carbons (Fsp3) is 0.231. The molecule has 0 aliphatic heterocycles. The highest BCUT2D eigenvalue weighted by molar-refractivity contribution is 7.98. The first-order valence-corrected chi connectivity index (χ1v) is 8.17. The van der Waals surface area contributed by atoms with E-state index in [4.69, 9.17) is 11.6 Å². The molecule has 2 aromatic rings. The molecule has 0 bridgehead atoms. The first-order chi connectivity index (χ1) is 12.3. The second-order valence-electron chi connectivity index (χ2n) is 4.88. The van der Waals surface area contributed by atoms with Crippen LogP contribution in [0.4, 0.5) is 32.0 Å². The summed E-state index contributed by atoms with van der Waals surface area (Å²) in [6.45, 7) is 0. The Balaban J connectivity index is 2.87. The van der Waals surface area contributed by atoms with Crippen molar-refractivity contribution in [2.24, 2.45) is 0 Å². The van der Waals surface area contributed by atoms with Crippen LogP contribution in [-0.4, -0.2) is 20.7 Å². The smallest absolute Gasteiger partial charge is 0.268 e. The molecule has 0 atom stereocenters. The Morgan fingerprint density at radius 1 is 1.19 bits per heavy atom. The van der Waals surface area contributed by atoms with E-state index in [1.807, 2.05) is 0 Å². The topological polar surface area (TPSA) is 78.0 Å². The zero-order valence-electron chi connectivity index (χ0n) is 12.9. The van der Waals surface area contributed by atoms with Gasteiger partial charge in [-0.25, -0.2) is 4.98 Å². The summed E-state index contributed by atoms with van der Waals surface area (Å²) in [5.41, 5.74) is -6.39. The summed E-state index contributed by atoms with van der Waals surface area (Å²) in [5, 5.41) is 10.3. The van der Waals surface area contributed by atoms with Gasteiger partial charge in [0.15, 0.2) is 5.69 Å². The third-order valence-electron chi connectivity index (χ3n) is 3.21. The summed E-state index contributed by atoms with van der Waals surface area (Å²) in [4.78, 5) is 24.5. The van der Waals surface area contributed by atoms with Crippen LogP contribution in [0.3, 0.4) is 0 Å². The maximum absolute atomic E-state index is 12.9. The highest BCUT2D eigenvalue weighted by Crippen LogP contribution is 2.39. The molecule has 1 heterocycles. The normalized spacial score (nSPS) is 12.3. The van der Waals surface area contributed by atoms with Crippen molar-refractivity contribution in [1.29, 1.82) is 0 Å². The molecule has 0 amide bonds. The van der Waals surface area contributed by atoms with E-state index in [1.54, 1.807) is 0 Å². The SMILES string of the molecule is CSc1c(C(F)(F)F)ncn(-c2c(Cl)cc(C(F)(F)F)cc2[N+](=O)[O-])c1=O. The monoisotopic (exact) mass is 433 g/mol. The summed E-state index contributed by atoms with van der Waals surface area (Å²) in [6, 6.07) is 0.455. The van der Waals surface area contributed by atoms with Gasteiger partial charge in [-0.3, -0.25) is 19.5 Å². The van der Waals surface area contributed by atoms with Gasteiger partial charge in [-0.2, -0.15) is 26.3 Å². The predicted octanol–water partition coefficient (Wildman–Crippen LogP) is 4.55. The van der Waals surface area contributed by atoms with Crippen molar-refractivity contribution < 1.29 is 31.3 Å². The Hall–Kier alpha value is -2.28. The van der Waals surface area contributed by atoms with Crippen LogP contribution in [0.5, 0.6) is 0 Å². The highest BCUT2D eigenvalue weighted by atomic mass is 35.5. The number of nitro groups is 1. The van der Waals surface area contributed by atoms with Gasteiger partial charge in [0.25, 0.3) is 11.2 Å². The Kier molecular flexibility index (Phi) is 5.48. The molecule has 0 aliphatic carbocycles. The number of benzene rings is 1. The Bertz CT molecular complexity index is 973. The van der Waals surface area contributed by atoms with Crippen molar-refractivity contribution in [3.8, 4) is 5.69 Å². The molecule has 0 unspecified atom stereocenters. The van der Waals surface area contributed by atoms with Gasteiger partial charge in [-0.1, -0.05) is 11.6 Å². The van der Waals surface area contributed by atoms with Gasteiger partial charge in [0.1, 0.15) is 16.9 Å². The number of hydrogen-bond donors (Lipinski definition) is 0. The van der Waals surface area contributed by atoms with Crippen molar-refractivity contribution in [3.63, 3.8) is 0 Å². The minimum Gasteiger partial charge on any atom is -0.268 e. The minimum atomic E-state index is -4.98. The fourth-order valence-electron chi connectivity index (χ4n) is 2.11.